The number of fused-ring (bicyclic) bond motifs is 1. The van der Waals surface area contributed by atoms with Crippen molar-refractivity contribution in [3.05, 3.63) is 58.6 Å². The summed E-state index contributed by atoms with van der Waals surface area (Å²) in [6.45, 7) is 7.66. The van der Waals surface area contributed by atoms with Gasteiger partial charge in [-0.25, -0.2) is 4.79 Å². The summed E-state index contributed by atoms with van der Waals surface area (Å²) < 4.78 is 5.65. The van der Waals surface area contributed by atoms with Gasteiger partial charge in [0.2, 0.25) is 0 Å². The Hall–Kier alpha value is -2.70. The van der Waals surface area contributed by atoms with E-state index < -0.39 is 5.63 Å². The third-order valence-electron chi connectivity index (χ3n) is 5.22. The van der Waals surface area contributed by atoms with Crippen LogP contribution in [0.2, 0.25) is 0 Å². The maximum atomic E-state index is 12.6. The molecule has 0 aliphatic carbocycles. The van der Waals surface area contributed by atoms with E-state index in [9.17, 15) is 9.90 Å². The Morgan fingerprint density at radius 2 is 1.89 bits per heavy atom. The standard InChI is InChI=1S/C21H23N3O3/c1-2-23-9-11-24(12-10-23)14-17-19(25)7-6-15-13-16(21(26)27-20(15)17)18-5-3-4-8-22-18/h3-8,13,25H,2,9-12,14H2,1H3. The summed E-state index contributed by atoms with van der Waals surface area (Å²) in [6.07, 6.45) is 1.65. The lowest BCUT2D eigenvalue weighted by Gasteiger charge is -2.34. The molecule has 0 bridgehead atoms. The molecular weight excluding hydrogens is 342 g/mol. The number of phenols is 1. The molecule has 140 valence electrons. The summed E-state index contributed by atoms with van der Waals surface area (Å²) in [4.78, 5) is 21.5. The number of likely N-dealkylation sites (N-methyl/N-ethyl adjacent to an activating group) is 1. The first-order valence-electron chi connectivity index (χ1n) is 9.30. The summed E-state index contributed by atoms with van der Waals surface area (Å²) in [5.41, 5.74) is 1.69. The van der Waals surface area contributed by atoms with Gasteiger partial charge in [0.15, 0.2) is 0 Å². The number of benzene rings is 1. The monoisotopic (exact) mass is 365 g/mol. The maximum Gasteiger partial charge on any atom is 0.345 e. The van der Waals surface area contributed by atoms with E-state index in [4.69, 9.17) is 4.42 Å². The Kier molecular flexibility index (Phi) is 4.92. The van der Waals surface area contributed by atoms with Gasteiger partial charge in [0.05, 0.1) is 16.8 Å². The second-order valence-corrected chi connectivity index (χ2v) is 6.85. The highest BCUT2D eigenvalue weighted by atomic mass is 16.4. The molecule has 1 N–H and O–H groups in total. The molecule has 1 fully saturated rings. The van der Waals surface area contributed by atoms with Crippen molar-refractivity contribution in [2.75, 3.05) is 32.7 Å². The van der Waals surface area contributed by atoms with E-state index in [1.54, 1.807) is 36.5 Å². The molecule has 3 aromatic rings. The van der Waals surface area contributed by atoms with Gasteiger partial charge in [0.1, 0.15) is 11.3 Å². The van der Waals surface area contributed by atoms with E-state index in [2.05, 4.69) is 21.7 Å². The third-order valence-corrected chi connectivity index (χ3v) is 5.22. The number of hydrogen-bond acceptors (Lipinski definition) is 6. The minimum Gasteiger partial charge on any atom is -0.507 e. The van der Waals surface area contributed by atoms with Crippen LogP contribution in [-0.2, 0) is 6.54 Å². The van der Waals surface area contributed by atoms with Gasteiger partial charge >= 0.3 is 5.63 Å². The summed E-state index contributed by atoms with van der Waals surface area (Å²) in [6, 6.07) is 10.7. The SMILES string of the molecule is CCN1CCN(Cc2c(O)ccc3cc(-c4ccccn4)c(=O)oc23)CC1. The number of phenolic OH excluding ortho intramolecular Hbond substituents is 1. The van der Waals surface area contributed by atoms with Crippen LogP contribution in [0.1, 0.15) is 12.5 Å². The zero-order valence-corrected chi connectivity index (χ0v) is 15.4. The number of hydrogen-bond donors (Lipinski definition) is 1. The highest BCUT2D eigenvalue weighted by molar-refractivity contribution is 5.85. The van der Waals surface area contributed by atoms with E-state index in [1.807, 2.05) is 6.07 Å². The minimum atomic E-state index is -0.441. The number of piperazine rings is 1. The van der Waals surface area contributed by atoms with Gasteiger partial charge in [-0.15, -0.1) is 0 Å². The van der Waals surface area contributed by atoms with Crippen molar-refractivity contribution in [1.29, 1.82) is 0 Å². The first-order valence-corrected chi connectivity index (χ1v) is 9.30. The van der Waals surface area contributed by atoms with E-state index >= 15 is 0 Å². The predicted octanol–water partition coefficient (Wildman–Crippen LogP) is 2.70. The Morgan fingerprint density at radius 1 is 1.11 bits per heavy atom. The van der Waals surface area contributed by atoms with Gasteiger partial charge in [-0.1, -0.05) is 13.0 Å². The second-order valence-electron chi connectivity index (χ2n) is 6.85. The molecule has 1 aliphatic rings. The van der Waals surface area contributed by atoms with Crippen LogP contribution in [0.15, 0.2) is 51.8 Å². The fourth-order valence-corrected chi connectivity index (χ4v) is 3.57. The van der Waals surface area contributed by atoms with Gasteiger partial charge in [0.25, 0.3) is 0 Å². The lowest BCUT2D eigenvalue weighted by molar-refractivity contribution is 0.131. The lowest BCUT2D eigenvalue weighted by Crippen LogP contribution is -2.45. The van der Waals surface area contributed by atoms with E-state index in [0.29, 0.717) is 28.9 Å². The van der Waals surface area contributed by atoms with Gasteiger partial charge in [-0.05, 0) is 36.9 Å². The third kappa shape index (κ3) is 3.59. The molecule has 0 atom stereocenters. The van der Waals surface area contributed by atoms with Crippen molar-refractivity contribution in [3.8, 4) is 17.0 Å². The van der Waals surface area contributed by atoms with Crippen LogP contribution in [0.3, 0.4) is 0 Å². The first-order chi connectivity index (χ1) is 13.2. The average molecular weight is 365 g/mol. The molecule has 2 aromatic heterocycles. The molecule has 6 nitrogen and oxygen atoms in total. The normalized spacial score (nSPS) is 16.0. The molecule has 1 aliphatic heterocycles. The Labute approximate surface area is 157 Å². The number of aromatic nitrogens is 1. The Bertz CT molecular complexity index is 993. The highest BCUT2D eigenvalue weighted by Crippen LogP contribution is 2.30. The number of aromatic hydroxyl groups is 1. The topological polar surface area (TPSA) is 69.8 Å². The fraction of sp³-hybridized carbons (Fsp3) is 0.333. The first kappa shape index (κ1) is 17.7. The molecule has 0 radical (unpaired) electrons. The molecule has 0 amide bonds. The van der Waals surface area contributed by atoms with Crippen LogP contribution in [-0.4, -0.2) is 52.6 Å². The predicted molar refractivity (Wildman–Crippen MR) is 105 cm³/mol. The van der Waals surface area contributed by atoms with E-state index in [-0.39, 0.29) is 5.75 Å². The molecule has 27 heavy (non-hydrogen) atoms. The van der Waals surface area contributed by atoms with Crippen LogP contribution in [0, 0.1) is 0 Å². The number of pyridine rings is 1. The lowest BCUT2D eigenvalue weighted by atomic mass is 10.1. The summed E-state index contributed by atoms with van der Waals surface area (Å²) in [5, 5.41) is 11.2. The van der Waals surface area contributed by atoms with Crippen LogP contribution in [0.5, 0.6) is 5.75 Å². The zero-order chi connectivity index (χ0) is 18.8. The van der Waals surface area contributed by atoms with Crippen molar-refractivity contribution in [2.45, 2.75) is 13.5 Å². The summed E-state index contributed by atoms with van der Waals surface area (Å²) in [5.74, 6) is 0.161. The molecule has 1 saturated heterocycles. The molecule has 4 rings (SSSR count). The molecule has 0 spiro atoms. The van der Waals surface area contributed by atoms with Gasteiger partial charge in [0, 0.05) is 44.3 Å². The molecule has 1 aromatic carbocycles. The quantitative estimate of drug-likeness (QED) is 0.717. The molecule has 0 unspecified atom stereocenters. The summed E-state index contributed by atoms with van der Waals surface area (Å²) in [7, 11) is 0. The van der Waals surface area contributed by atoms with E-state index in [1.165, 1.54) is 0 Å². The van der Waals surface area contributed by atoms with Crippen LogP contribution in [0.4, 0.5) is 0 Å². The number of rotatable bonds is 4. The molecular formula is C21H23N3O3. The molecule has 3 heterocycles. The smallest absolute Gasteiger partial charge is 0.345 e. The van der Waals surface area contributed by atoms with Gasteiger partial charge in [-0.3, -0.25) is 9.88 Å². The maximum absolute atomic E-state index is 12.6. The van der Waals surface area contributed by atoms with Crippen molar-refractivity contribution in [1.82, 2.24) is 14.8 Å². The fourth-order valence-electron chi connectivity index (χ4n) is 3.57. The van der Waals surface area contributed by atoms with Crippen molar-refractivity contribution >= 4 is 11.0 Å². The van der Waals surface area contributed by atoms with E-state index in [0.717, 1.165) is 38.1 Å². The Balaban J connectivity index is 1.70. The zero-order valence-electron chi connectivity index (χ0n) is 15.4. The van der Waals surface area contributed by atoms with Crippen LogP contribution < -0.4 is 5.63 Å². The van der Waals surface area contributed by atoms with Crippen LogP contribution in [0.25, 0.3) is 22.2 Å². The minimum absolute atomic E-state index is 0.161. The van der Waals surface area contributed by atoms with Crippen LogP contribution >= 0.6 is 0 Å². The average Bonchev–Trinajstić information content (AvgIpc) is 2.71. The van der Waals surface area contributed by atoms with Crippen molar-refractivity contribution in [3.63, 3.8) is 0 Å². The number of nitrogens with zero attached hydrogens (tertiary/aromatic N) is 3. The largest absolute Gasteiger partial charge is 0.507 e. The summed E-state index contributed by atoms with van der Waals surface area (Å²) >= 11 is 0. The van der Waals surface area contributed by atoms with Crippen molar-refractivity contribution < 1.29 is 9.52 Å². The highest BCUT2D eigenvalue weighted by Gasteiger charge is 2.20. The second kappa shape index (κ2) is 7.50. The molecule has 0 saturated carbocycles. The van der Waals surface area contributed by atoms with Gasteiger partial charge in [-0.2, -0.15) is 0 Å². The Morgan fingerprint density at radius 3 is 2.59 bits per heavy atom. The van der Waals surface area contributed by atoms with Gasteiger partial charge < -0.3 is 14.4 Å². The van der Waals surface area contributed by atoms with Crippen molar-refractivity contribution in [2.24, 2.45) is 0 Å². The molecule has 6 heteroatoms.